The van der Waals surface area contributed by atoms with Gasteiger partial charge in [-0.15, -0.1) is 0 Å². The summed E-state index contributed by atoms with van der Waals surface area (Å²) >= 11 is 0. The predicted molar refractivity (Wildman–Crippen MR) is 96.1 cm³/mol. The number of carbonyl (C=O) groups excluding carboxylic acids is 1. The highest BCUT2D eigenvalue weighted by Crippen LogP contribution is 2.19. The average molecular weight is 301 g/mol. The van der Waals surface area contributed by atoms with Crippen molar-refractivity contribution in [2.45, 2.75) is 6.42 Å². The van der Waals surface area contributed by atoms with Crippen LogP contribution in [-0.4, -0.2) is 12.5 Å². The van der Waals surface area contributed by atoms with Crippen molar-refractivity contribution in [1.29, 1.82) is 0 Å². The van der Waals surface area contributed by atoms with E-state index in [0.29, 0.717) is 6.54 Å². The van der Waals surface area contributed by atoms with E-state index in [1.807, 2.05) is 48.5 Å². The zero-order chi connectivity index (χ0) is 15.9. The number of amides is 1. The Morgan fingerprint density at radius 3 is 2.48 bits per heavy atom. The number of benzene rings is 3. The van der Waals surface area contributed by atoms with Crippen LogP contribution in [0.1, 0.15) is 11.1 Å². The highest BCUT2D eigenvalue weighted by atomic mass is 16.1. The van der Waals surface area contributed by atoms with Gasteiger partial charge in [-0.3, -0.25) is 4.79 Å². The summed E-state index contributed by atoms with van der Waals surface area (Å²) in [7, 11) is 0. The summed E-state index contributed by atoms with van der Waals surface area (Å²) < 4.78 is 0. The van der Waals surface area contributed by atoms with E-state index in [0.717, 1.165) is 17.4 Å². The van der Waals surface area contributed by atoms with Crippen LogP contribution in [0.2, 0.25) is 0 Å². The largest absolute Gasteiger partial charge is 0.352 e. The predicted octanol–water partition coefficient (Wildman–Crippen LogP) is 4.21. The molecule has 23 heavy (non-hydrogen) atoms. The van der Waals surface area contributed by atoms with Crippen LogP contribution in [0.3, 0.4) is 0 Å². The van der Waals surface area contributed by atoms with Crippen molar-refractivity contribution in [2.75, 3.05) is 6.54 Å². The molecule has 1 N–H and O–H groups in total. The summed E-state index contributed by atoms with van der Waals surface area (Å²) in [5, 5.41) is 5.26. The molecule has 3 aromatic rings. The lowest BCUT2D eigenvalue weighted by molar-refractivity contribution is -0.116. The minimum Gasteiger partial charge on any atom is -0.352 e. The Kier molecular flexibility index (Phi) is 4.85. The topological polar surface area (TPSA) is 29.1 Å². The molecular weight excluding hydrogens is 282 g/mol. The Morgan fingerprint density at radius 1 is 0.870 bits per heavy atom. The molecule has 1 amide bonds. The molecule has 0 saturated heterocycles. The number of rotatable bonds is 5. The molecule has 0 heterocycles. The average Bonchev–Trinajstić information content (AvgIpc) is 2.61. The number of nitrogens with one attached hydrogen (secondary N) is 1. The van der Waals surface area contributed by atoms with E-state index in [4.69, 9.17) is 0 Å². The number of hydrogen-bond donors (Lipinski definition) is 1. The van der Waals surface area contributed by atoms with Crippen LogP contribution in [0, 0.1) is 0 Å². The van der Waals surface area contributed by atoms with Crippen molar-refractivity contribution in [1.82, 2.24) is 5.32 Å². The van der Waals surface area contributed by atoms with Crippen molar-refractivity contribution < 1.29 is 4.79 Å². The second kappa shape index (κ2) is 7.41. The SMILES string of the molecule is O=C(C=Cc1cccc2ccccc12)NCCc1ccccc1. The molecule has 3 aromatic carbocycles. The summed E-state index contributed by atoms with van der Waals surface area (Å²) in [6.45, 7) is 0.642. The van der Waals surface area contributed by atoms with E-state index in [-0.39, 0.29) is 5.91 Å². The summed E-state index contributed by atoms with van der Waals surface area (Å²) in [6.07, 6.45) is 4.32. The molecule has 2 heteroatoms. The van der Waals surface area contributed by atoms with Crippen molar-refractivity contribution in [3.8, 4) is 0 Å². The van der Waals surface area contributed by atoms with Gasteiger partial charge in [-0.1, -0.05) is 72.8 Å². The van der Waals surface area contributed by atoms with Gasteiger partial charge in [-0.05, 0) is 34.4 Å². The highest BCUT2D eigenvalue weighted by Gasteiger charge is 1.99. The molecule has 0 bridgehead atoms. The van der Waals surface area contributed by atoms with E-state index in [2.05, 4.69) is 35.6 Å². The van der Waals surface area contributed by atoms with Gasteiger partial charge in [0.15, 0.2) is 0 Å². The normalized spacial score (nSPS) is 11.0. The summed E-state index contributed by atoms with van der Waals surface area (Å²) in [4.78, 5) is 11.9. The smallest absolute Gasteiger partial charge is 0.244 e. The fraction of sp³-hybridized carbons (Fsp3) is 0.0952. The van der Waals surface area contributed by atoms with Crippen LogP contribution in [0.4, 0.5) is 0 Å². The maximum Gasteiger partial charge on any atom is 0.244 e. The second-order valence-corrected chi connectivity index (χ2v) is 5.43. The van der Waals surface area contributed by atoms with Gasteiger partial charge < -0.3 is 5.32 Å². The molecule has 0 aliphatic carbocycles. The fourth-order valence-electron chi connectivity index (χ4n) is 2.59. The minimum atomic E-state index is -0.0612. The molecule has 0 aliphatic rings. The van der Waals surface area contributed by atoms with E-state index >= 15 is 0 Å². The Morgan fingerprint density at radius 2 is 1.61 bits per heavy atom. The molecule has 114 valence electrons. The first-order valence-electron chi connectivity index (χ1n) is 7.80. The molecule has 0 atom stereocenters. The fourth-order valence-corrected chi connectivity index (χ4v) is 2.59. The number of hydrogen-bond acceptors (Lipinski definition) is 1. The van der Waals surface area contributed by atoms with Gasteiger partial charge in [0.25, 0.3) is 0 Å². The zero-order valence-corrected chi connectivity index (χ0v) is 12.9. The maximum atomic E-state index is 11.9. The highest BCUT2D eigenvalue weighted by molar-refractivity contribution is 5.96. The quantitative estimate of drug-likeness (QED) is 0.703. The molecule has 0 radical (unpaired) electrons. The molecule has 0 aromatic heterocycles. The second-order valence-electron chi connectivity index (χ2n) is 5.43. The van der Waals surface area contributed by atoms with E-state index in [1.165, 1.54) is 10.9 Å². The molecule has 0 fully saturated rings. The monoisotopic (exact) mass is 301 g/mol. The lowest BCUT2D eigenvalue weighted by Crippen LogP contribution is -2.23. The van der Waals surface area contributed by atoms with Crippen LogP contribution in [0.5, 0.6) is 0 Å². The number of carbonyl (C=O) groups is 1. The van der Waals surface area contributed by atoms with Crippen LogP contribution >= 0.6 is 0 Å². The summed E-state index contributed by atoms with van der Waals surface area (Å²) in [6, 6.07) is 24.4. The molecule has 2 nitrogen and oxygen atoms in total. The minimum absolute atomic E-state index is 0.0612. The molecular formula is C21H19NO. The lowest BCUT2D eigenvalue weighted by Gasteiger charge is -2.03. The number of fused-ring (bicyclic) bond motifs is 1. The van der Waals surface area contributed by atoms with Gasteiger partial charge in [0, 0.05) is 12.6 Å². The summed E-state index contributed by atoms with van der Waals surface area (Å²) in [5.74, 6) is -0.0612. The molecule has 0 unspecified atom stereocenters. The molecule has 3 rings (SSSR count). The van der Waals surface area contributed by atoms with Crippen molar-refractivity contribution in [3.63, 3.8) is 0 Å². The molecule has 0 saturated carbocycles. The maximum absolute atomic E-state index is 11.9. The van der Waals surface area contributed by atoms with Gasteiger partial charge in [0.05, 0.1) is 0 Å². The Bertz CT molecular complexity index is 816. The third kappa shape index (κ3) is 4.07. The van der Waals surface area contributed by atoms with Gasteiger partial charge in [0.1, 0.15) is 0 Å². The third-order valence-electron chi connectivity index (χ3n) is 3.79. The van der Waals surface area contributed by atoms with Gasteiger partial charge in [-0.2, -0.15) is 0 Å². The van der Waals surface area contributed by atoms with Crippen LogP contribution in [0.25, 0.3) is 16.8 Å². The van der Waals surface area contributed by atoms with Gasteiger partial charge in [0.2, 0.25) is 5.91 Å². The Balaban J connectivity index is 1.59. The first-order valence-corrected chi connectivity index (χ1v) is 7.80. The zero-order valence-electron chi connectivity index (χ0n) is 12.9. The van der Waals surface area contributed by atoms with Gasteiger partial charge in [-0.25, -0.2) is 0 Å². The Labute approximate surface area is 136 Å². The van der Waals surface area contributed by atoms with Crippen molar-refractivity contribution in [3.05, 3.63) is 90.0 Å². The lowest BCUT2D eigenvalue weighted by atomic mass is 10.0. The van der Waals surface area contributed by atoms with Gasteiger partial charge >= 0.3 is 0 Å². The third-order valence-corrected chi connectivity index (χ3v) is 3.79. The molecule has 0 aliphatic heterocycles. The van der Waals surface area contributed by atoms with Crippen LogP contribution in [-0.2, 0) is 11.2 Å². The van der Waals surface area contributed by atoms with Crippen molar-refractivity contribution >= 4 is 22.8 Å². The van der Waals surface area contributed by atoms with E-state index in [1.54, 1.807) is 6.08 Å². The van der Waals surface area contributed by atoms with E-state index in [9.17, 15) is 4.79 Å². The first-order chi connectivity index (χ1) is 11.3. The first kappa shape index (κ1) is 15.0. The van der Waals surface area contributed by atoms with Crippen molar-refractivity contribution in [2.24, 2.45) is 0 Å². The standard InChI is InChI=1S/C21H19NO/c23-21(22-16-15-17-7-2-1-3-8-17)14-13-19-11-6-10-18-9-4-5-12-20(18)19/h1-14H,15-16H2,(H,22,23). The molecule has 0 spiro atoms. The summed E-state index contributed by atoms with van der Waals surface area (Å²) in [5.41, 5.74) is 2.28. The van der Waals surface area contributed by atoms with Crippen LogP contribution in [0.15, 0.2) is 78.9 Å². The Hall–Kier alpha value is -2.87. The van der Waals surface area contributed by atoms with E-state index < -0.39 is 0 Å². The van der Waals surface area contributed by atoms with Crippen LogP contribution < -0.4 is 5.32 Å².